The summed E-state index contributed by atoms with van der Waals surface area (Å²) in [5.41, 5.74) is 1.86. The number of nitrogens with one attached hydrogen (secondary N) is 1. The smallest absolute Gasteiger partial charge is 0.221 e. The van der Waals surface area contributed by atoms with Crippen LogP contribution in [0.5, 0.6) is 0 Å². The highest BCUT2D eigenvalue weighted by atomic mass is 32.2. The summed E-state index contributed by atoms with van der Waals surface area (Å²) in [4.78, 5) is 3.27. The molecule has 0 amide bonds. The van der Waals surface area contributed by atoms with Crippen LogP contribution in [0.25, 0.3) is 10.9 Å². The lowest BCUT2D eigenvalue weighted by Crippen LogP contribution is -2.02. The van der Waals surface area contributed by atoms with Crippen molar-refractivity contribution in [1.29, 1.82) is 0 Å². The molecule has 0 fully saturated rings. The van der Waals surface area contributed by atoms with Crippen LogP contribution in [-0.2, 0) is 9.84 Å². The normalized spacial score (nSPS) is 11.8. The number of H-pyrrole nitrogens is 1. The van der Waals surface area contributed by atoms with Crippen molar-refractivity contribution >= 4 is 20.7 Å². The van der Waals surface area contributed by atoms with Crippen molar-refractivity contribution in [2.75, 3.05) is 0 Å². The summed E-state index contributed by atoms with van der Waals surface area (Å²) in [6.45, 7) is 1.93. The lowest BCUT2D eigenvalue weighted by atomic mass is 10.2. The number of aryl methyl sites for hydroxylation is 1. The minimum absolute atomic E-state index is 0. The standard InChI is InChI=1S/C15H13NO2S.H2/c1-11-6-8-13(9-7-11)19(17,18)15-10-12-4-2-3-5-14(12)16-15;/h2-10,16H,1H3;1H. The fourth-order valence-electron chi connectivity index (χ4n) is 2.04. The first-order valence-electron chi connectivity index (χ1n) is 5.97. The summed E-state index contributed by atoms with van der Waals surface area (Å²) in [5, 5.41) is 1.13. The van der Waals surface area contributed by atoms with Crippen molar-refractivity contribution in [1.82, 2.24) is 4.98 Å². The van der Waals surface area contributed by atoms with Crippen LogP contribution in [0.1, 0.15) is 6.99 Å². The maximum atomic E-state index is 12.5. The van der Waals surface area contributed by atoms with Crippen LogP contribution in [0.2, 0.25) is 0 Å². The zero-order chi connectivity index (χ0) is 13.5. The molecule has 0 saturated heterocycles. The third-order valence-electron chi connectivity index (χ3n) is 3.13. The van der Waals surface area contributed by atoms with Gasteiger partial charge in [0, 0.05) is 12.3 Å². The van der Waals surface area contributed by atoms with E-state index in [0.29, 0.717) is 4.90 Å². The Kier molecular flexibility index (Phi) is 2.68. The highest BCUT2D eigenvalue weighted by Crippen LogP contribution is 2.24. The number of rotatable bonds is 2. The van der Waals surface area contributed by atoms with Gasteiger partial charge in [0.15, 0.2) is 0 Å². The van der Waals surface area contributed by atoms with Gasteiger partial charge < -0.3 is 4.98 Å². The Labute approximate surface area is 113 Å². The summed E-state index contributed by atoms with van der Waals surface area (Å²) >= 11 is 0. The Morgan fingerprint density at radius 1 is 1.00 bits per heavy atom. The van der Waals surface area contributed by atoms with Crippen molar-refractivity contribution < 1.29 is 9.84 Å². The van der Waals surface area contributed by atoms with Crippen LogP contribution in [0.15, 0.2) is 64.5 Å². The Morgan fingerprint density at radius 3 is 2.37 bits per heavy atom. The monoisotopic (exact) mass is 273 g/mol. The predicted molar refractivity (Wildman–Crippen MR) is 77.0 cm³/mol. The van der Waals surface area contributed by atoms with E-state index in [1.807, 2.05) is 31.2 Å². The van der Waals surface area contributed by atoms with E-state index in [1.165, 1.54) is 0 Å². The molecule has 3 nitrogen and oxygen atoms in total. The van der Waals surface area contributed by atoms with Crippen molar-refractivity contribution in [3.8, 4) is 0 Å². The summed E-state index contributed by atoms with van der Waals surface area (Å²) in [6, 6.07) is 16.1. The average molecular weight is 273 g/mol. The molecular formula is C15H15NO2S. The van der Waals surface area contributed by atoms with Crippen molar-refractivity contribution in [2.24, 2.45) is 0 Å². The Bertz CT molecular complexity index is 803. The van der Waals surface area contributed by atoms with E-state index < -0.39 is 9.84 Å². The van der Waals surface area contributed by atoms with Gasteiger partial charge >= 0.3 is 0 Å². The second kappa shape index (κ2) is 4.24. The second-order valence-electron chi connectivity index (χ2n) is 4.54. The fraction of sp³-hybridized carbons (Fsp3) is 0.0667. The maximum absolute atomic E-state index is 12.5. The van der Waals surface area contributed by atoms with Gasteiger partial charge in [-0.3, -0.25) is 0 Å². The molecule has 0 saturated carbocycles. The summed E-state index contributed by atoms with van der Waals surface area (Å²) in [6.07, 6.45) is 0. The van der Waals surface area contributed by atoms with Crippen molar-refractivity contribution in [3.63, 3.8) is 0 Å². The molecule has 0 aliphatic rings. The van der Waals surface area contributed by atoms with Crippen molar-refractivity contribution in [2.45, 2.75) is 16.8 Å². The van der Waals surface area contributed by atoms with Gasteiger partial charge in [0.25, 0.3) is 0 Å². The van der Waals surface area contributed by atoms with E-state index in [0.717, 1.165) is 16.5 Å². The highest BCUT2D eigenvalue weighted by Gasteiger charge is 2.19. The van der Waals surface area contributed by atoms with Gasteiger partial charge in [-0.15, -0.1) is 0 Å². The molecule has 0 bridgehead atoms. The zero-order valence-corrected chi connectivity index (χ0v) is 11.2. The van der Waals surface area contributed by atoms with Crippen LogP contribution < -0.4 is 0 Å². The topological polar surface area (TPSA) is 49.9 Å². The minimum Gasteiger partial charge on any atom is -0.345 e. The van der Waals surface area contributed by atoms with Gasteiger partial charge in [-0.25, -0.2) is 8.42 Å². The molecule has 0 aliphatic heterocycles. The molecule has 1 N–H and O–H groups in total. The fourth-order valence-corrected chi connectivity index (χ4v) is 3.31. The van der Waals surface area contributed by atoms with Crippen LogP contribution in [0.4, 0.5) is 0 Å². The van der Waals surface area contributed by atoms with E-state index in [4.69, 9.17) is 0 Å². The third kappa shape index (κ3) is 2.04. The van der Waals surface area contributed by atoms with E-state index in [9.17, 15) is 8.42 Å². The number of fused-ring (bicyclic) bond motifs is 1. The summed E-state index contributed by atoms with van der Waals surface area (Å²) in [5.74, 6) is 0. The number of aromatic amines is 1. The van der Waals surface area contributed by atoms with Crippen molar-refractivity contribution in [3.05, 3.63) is 60.2 Å². The number of aromatic nitrogens is 1. The molecule has 2 aromatic carbocycles. The molecular weight excluding hydrogens is 258 g/mol. The Balaban J connectivity index is 0.00000147. The number of hydrogen-bond donors (Lipinski definition) is 1. The number of para-hydroxylation sites is 1. The quantitative estimate of drug-likeness (QED) is 0.776. The van der Waals surface area contributed by atoms with Gasteiger partial charge in [0.2, 0.25) is 9.84 Å². The van der Waals surface area contributed by atoms with Gasteiger partial charge in [-0.2, -0.15) is 0 Å². The first-order chi connectivity index (χ1) is 9.07. The molecule has 0 radical (unpaired) electrons. The molecule has 3 rings (SSSR count). The van der Waals surface area contributed by atoms with Crippen LogP contribution in [0.3, 0.4) is 0 Å². The van der Waals surface area contributed by atoms with E-state index in [1.54, 1.807) is 30.3 Å². The molecule has 0 aliphatic carbocycles. The lowest BCUT2D eigenvalue weighted by Gasteiger charge is -2.02. The molecule has 1 heterocycles. The number of sulfone groups is 1. The lowest BCUT2D eigenvalue weighted by molar-refractivity contribution is 0.593. The van der Waals surface area contributed by atoms with Crippen LogP contribution in [0, 0.1) is 6.92 Å². The maximum Gasteiger partial charge on any atom is 0.221 e. The molecule has 4 heteroatoms. The summed E-state index contributed by atoms with van der Waals surface area (Å²) < 4.78 is 25.0. The summed E-state index contributed by atoms with van der Waals surface area (Å²) in [7, 11) is -3.47. The Morgan fingerprint density at radius 2 is 1.68 bits per heavy atom. The van der Waals surface area contributed by atoms with Gasteiger partial charge in [-0.1, -0.05) is 35.9 Å². The molecule has 1 aromatic heterocycles. The van der Waals surface area contributed by atoms with Gasteiger partial charge in [0.1, 0.15) is 5.03 Å². The SMILES string of the molecule is Cc1ccc(S(=O)(=O)c2cc3ccccc3[nH]2)cc1.[HH]. The van der Waals surface area contributed by atoms with E-state index in [2.05, 4.69) is 4.98 Å². The molecule has 0 spiro atoms. The first kappa shape index (κ1) is 12.0. The number of hydrogen-bond acceptors (Lipinski definition) is 2. The predicted octanol–water partition coefficient (Wildman–Crippen LogP) is 3.56. The molecule has 98 valence electrons. The van der Waals surface area contributed by atoms with Gasteiger partial charge in [0.05, 0.1) is 4.90 Å². The average Bonchev–Trinajstić information content (AvgIpc) is 2.83. The zero-order valence-electron chi connectivity index (χ0n) is 10.4. The number of benzene rings is 2. The van der Waals surface area contributed by atoms with E-state index in [-0.39, 0.29) is 6.45 Å². The van der Waals surface area contributed by atoms with Crippen LogP contribution in [-0.4, -0.2) is 13.4 Å². The largest absolute Gasteiger partial charge is 0.345 e. The minimum atomic E-state index is -3.47. The molecule has 19 heavy (non-hydrogen) atoms. The molecule has 0 unspecified atom stereocenters. The van der Waals surface area contributed by atoms with E-state index >= 15 is 0 Å². The van der Waals surface area contributed by atoms with Crippen LogP contribution >= 0.6 is 0 Å². The first-order valence-corrected chi connectivity index (χ1v) is 7.45. The third-order valence-corrected chi connectivity index (χ3v) is 4.82. The molecule has 0 atom stereocenters. The molecule has 3 aromatic rings. The second-order valence-corrected chi connectivity index (χ2v) is 6.46. The Hall–Kier alpha value is -2.07. The highest BCUT2D eigenvalue weighted by molar-refractivity contribution is 7.91. The van der Waals surface area contributed by atoms with Gasteiger partial charge in [-0.05, 0) is 31.2 Å².